The van der Waals surface area contributed by atoms with Gasteiger partial charge in [-0.2, -0.15) is 0 Å². The van der Waals surface area contributed by atoms with E-state index in [4.69, 9.17) is 9.47 Å². The summed E-state index contributed by atoms with van der Waals surface area (Å²) in [6, 6.07) is 12.0. The van der Waals surface area contributed by atoms with Crippen LogP contribution in [0, 0.1) is 6.92 Å². The van der Waals surface area contributed by atoms with E-state index in [1.54, 1.807) is 0 Å². The van der Waals surface area contributed by atoms with E-state index < -0.39 is 0 Å². The number of rotatable bonds is 1. The van der Waals surface area contributed by atoms with Crippen molar-refractivity contribution in [3.05, 3.63) is 42.0 Å². The molecule has 1 aliphatic rings. The topological polar surface area (TPSA) is 47.1 Å². The zero-order chi connectivity index (χ0) is 12.8. The number of benzene rings is 2. The predicted octanol–water partition coefficient (Wildman–Crippen LogP) is 3.27. The second-order valence-electron chi connectivity index (χ2n) is 4.62. The number of fused-ring (bicyclic) bond motifs is 2. The van der Waals surface area contributed by atoms with Gasteiger partial charge in [0.1, 0.15) is 5.82 Å². The third-order valence-electron chi connectivity index (χ3n) is 3.38. The minimum atomic E-state index is 0.284. The van der Waals surface area contributed by atoms with Crippen LogP contribution in [0.1, 0.15) is 5.56 Å². The average molecular weight is 252 g/mol. The highest BCUT2D eigenvalue weighted by Gasteiger charge is 2.16. The molecule has 19 heavy (non-hydrogen) atoms. The molecule has 0 fully saturated rings. The van der Waals surface area contributed by atoms with Crippen molar-refractivity contribution >= 4 is 11.0 Å². The molecule has 1 N–H and O–H groups in total. The van der Waals surface area contributed by atoms with Crippen molar-refractivity contribution in [1.29, 1.82) is 0 Å². The summed E-state index contributed by atoms with van der Waals surface area (Å²) in [5.74, 6) is 2.40. The average Bonchev–Trinajstić information content (AvgIpc) is 3.01. The van der Waals surface area contributed by atoms with E-state index in [-0.39, 0.29) is 6.79 Å². The molecular formula is C15H12N2O2. The molecule has 1 aliphatic heterocycles. The van der Waals surface area contributed by atoms with E-state index in [1.807, 2.05) is 24.3 Å². The third kappa shape index (κ3) is 1.57. The van der Waals surface area contributed by atoms with Gasteiger partial charge in [-0.15, -0.1) is 0 Å². The van der Waals surface area contributed by atoms with Gasteiger partial charge in [0.25, 0.3) is 0 Å². The van der Waals surface area contributed by atoms with Crippen LogP contribution in [-0.2, 0) is 0 Å². The van der Waals surface area contributed by atoms with Crippen LogP contribution in [0.15, 0.2) is 36.4 Å². The van der Waals surface area contributed by atoms with Crippen LogP contribution < -0.4 is 9.47 Å². The number of imidazole rings is 1. The Labute approximate surface area is 110 Å². The van der Waals surface area contributed by atoms with Gasteiger partial charge in [-0.25, -0.2) is 4.98 Å². The van der Waals surface area contributed by atoms with Gasteiger partial charge in [0, 0.05) is 17.7 Å². The number of ether oxygens (including phenoxy) is 2. The summed E-state index contributed by atoms with van der Waals surface area (Å²) in [6.07, 6.45) is 0. The molecule has 0 radical (unpaired) electrons. The lowest BCUT2D eigenvalue weighted by Gasteiger charge is -2.00. The SMILES string of the molecule is Cc1ccccc1-c1nc2cc3c(cc2[nH]1)OCO3. The van der Waals surface area contributed by atoms with Crippen LogP contribution in [0.4, 0.5) is 0 Å². The zero-order valence-corrected chi connectivity index (χ0v) is 10.4. The standard InChI is InChI=1S/C15H12N2O2/c1-9-4-2-3-5-10(9)15-16-11-6-13-14(19-8-18-13)7-12(11)17-15/h2-7H,8H2,1H3,(H,16,17). The molecule has 0 aliphatic carbocycles. The lowest BCUT2D eigenvalue weighted by atomic mass is 10.1. The Morgan fingerprint density at radius 3 is 2.74 bits per heavy atom. The van der Waals surface area contributed by atoms with E-state index in [0.717, 1.165) is 33.9 Å². The summed E-state index contributed by atoms with van der Waals surface area (Å²) in [4.78, 5) is 7.97. The molecule has 4 nitrogen and oxygen atoms in total. The van der Waals surface area contributed by atoms with Crippen molar-refractivity contribution in [3.63, 3.8) is 0 Å². The van der Waals surface area contributed by atoms with E-state index in [0.29, 0.717) is 0 Å². The Bertz CT molecular complexity index is 736. The van der Waals surface area contributed by atoms with Gasteiger partial charge in [0.2, 0.25) is 6.79 Å². The lowest BCUT2D eigenvalue weighted by molar-refractivity contribution is 0.174. The second kappa shape index (κ2) is 3.75. The van der Waals surface area contributed by atoms with E-state index in [2.05, 4.69) is 29.0 Å². The first-order valence-corrected chi connectivity index (χ1v) is 6.16. The highest BCUT2D eigenvalue weighted by atomic mass is 16.7. The fourth-order valence-electron chi connectivity index (χ4n) is 2.37. The predicted molar refractivity (Wildman–Crippen MR) is 72.4 cm³/mol. The fourth-order valence-corrected chi connectivity index (χ4v) is 2.37. The highest BCUT2D eigenvalue weighted by Crippen LogP contribution is 2.36. The number of nitrogens with one attached hydrogen (secondary N) is 1. The minimum Gasteiger partial charge on any atom is -0.454 e. The lowest BCUT2D eigenvalue weighted by Crippen LogP contribution is -1.92. The first-order valence-electron chi connectivity index (χ1n) is 6.16. The van der Waals surface area contributed by atoms with Crippen molar-refractivity contribution in [2.24, 2.45) is 0 Å². The summed E-state index contributed by atoms with van der Waals surface area (Å²) in [5.41, 5.74) is 4.16. The van der Waals surface area contributed by atoms with E-state index in [1.165, 1.54) is 5.56 Å². The molecule has 4 rings (SSSR count). The molecule has 0 saturated carbocycles. The van der Waals surface area contributed by atoms with E-state index in [9.17, 15) is 0 Å². The molecule has 0 saturated heterocycles. The molecule has 94 valence electrons. The number of hydrogen-bond acceptors (Lipinski definition) is 3. The Morgan fingerprint density at radius 1 is 1.11 bits per heavy atom. The number of H-pyrrole nitrogens is 1. The Hall–Kier alpha value is -2.49. The van der Waals surface area contributed by atoms with Crippen LogP contribution in [-0.4, -0.2) is 16.8 Å². The van der Waals surface area contributed by atoms with Gasteiger partial charge >= 0.3 is 0 Å². The van der Waals surface area contributed by atoms with Crippen molar-refractivity contribution in [1.82, 2.24) is 9.97 Å². The van der Waals surface area contributed by atoms with Crippen molar-refractivity contribution < 1.29 is 9.47 Å². The molecular weight excluding hydrogens is 240 g/mol. The first-order chi connectivity index (χ1) is 9.31. The Morgan fingerprint density at radius 2 is 1.89 bits per heavy atom. The molecule has 0 atom stereocenters. The van der Waals surface area contributed by atoms with Gasteiger partial charge in [-0.05, 0) is 12.5 Å². The first kappa shape index (κ1) is 10.4. The van der Waals surface area contributed by atoms with Gasteiger partial charge in [-0.1, -0.05) is 24.3 Å². The number of nitrogens with zero attached hydrogens (tertiary/aromatic N) is 1. The van der Waals surface area contributed by atoms with Crippen molar-refractivity contribution in [2.45, 2.75) is 6.92 Å². The normalized spacial score (nSPS) is 13.1. The summed E-state index contributed by atoms with van der Waals surface area (Å²) >= 11 is 0. The van der Waals surface area contributed by atoms with E-state index >= 15 is 0 Å². The van der Waals surface area contributed by atoms with Crippen LogP contribution in [0.3, 0.4) is 0 Å². The molecule has 0 bridgehead atoms. The maximum atomic E-state index is 5.38. The number of aromatic nitrogens is 2. The summed E-state index contributed by atoms with van der Waals surface area (Å²) in [6.45, 7) is 2.36. The fraction of sp³-hybridized carbons (Fsp3) is 0.133. The van der Waals surface area contributed by atoms with Crippen molar-refractivity contribution in [3.8, 4) is 22.9 Å². The largest absolute Gasteiger partial charge is 0.454 e. The number of hydrogen-bond donors (Lipinski definition) is 1. The molecule has 0 amide bonds. The molecule has 0 unspecified atom stereocenters. The molecule has 4 heteroatoms. The molecule has 0 spiro atoms. The maximum Gasteiger partial charge on any atom is 0.231 e. The molecule has 1 aromatic heterocycles. The quantitative estimate of drug-likeness (QED) is 0.723. The van der Waals surface area contributed by atoms with Crippen LogP contribution in [0.5, 0.6) is 11.5 Å². The monoisotopic (exact) mass is 252 g/mol. The number of aromatic amines is 1. The van der Waals surface area contributed by atoms with Gasteiger partial charge in [0.05, 0.1) is 11.0 Å². The second-order valence-corrected chi connectivity index (χ2v) is 4.62. The van der Waals surface area contributed by atoms with Gasteiger partial charge in [-0.3, -0.25) is 0 Å². The summed E-state index contributed by atoms with van der Waals surface area (Å²) in [5, 5.41) is 0. The maximum absolute atomic E-state index is 5.38. The molecule has 2 aromatic carbocycles. The number of aryl methyl sites for hydroxylation is 1. The van der Waals surface area contributed by atoms with Crippen LogP contribution in [0.25, 0.3) is 22.4 Å². The van der Waals surface area contributed by atoms with Crippen LogP contribution in [0.2, 0.25) is 0 Å². The third-order valence-corrected chi connectivity index (χ3v) is 3.38. The smallest absolute Gasteiger partial charge is 0.231 e. The Balaban J connectivity index is 1.91. The summed E-state index contributed by atoms with van der Waals surface area (Å²) < 4.78 is 10.7. The minimum absolute atomic E-state index is 0.284. The molecule has 3 aromatic rings. The summed E-state index contributed by atoms with van der Waals surface area (Å²) in [7, 11) is 0. The van der Waals surface area contributed by atoms with Crippen molar-refractivity contribution in [2.75, 3.05) is 6.79 Å². The zero-order valence-electron chi connectivity index (χ0n) is 10.4. The van der Waals surface area contributed by atoms with Crippen LogP contribution >= 0.6 is 0 Å². The molecule has 2 heterocycles. The highest BCUT2D eigenvalue weighted by molar-refractivity contribution is 5.83. The Kier molecular flexibility index (Phi) is 2.06. The van der Waals surface area contributed by atoms with Gasteiger partial charge < -0.3 is 14.5 Å². The van der Waals surface area contributed by atoms with Gasteiger partial charge in [0.15, 0.2) is 11.5 Å².